The highest BCUT2D eigenvalue weighted by Crippen LogP contribution is 2.29. The van der Waals surface area contributed by atoms with E-state index in [0.29, 0.717) is 13.0 Å². The number of hydrogen-bond donors (Lipinski definition) is 1. The minimum Gasteiger partial charge on any atom is -0.493 e. The average molecular weight is 357 g/mol. The number of benzene rings is 1. The van der Waals surface area contributed by atoms with Gasteiger partial charge in [0, 0.05) is 37.9 Å². The van der Waals surface area contributed by atoms with Gasteiger partial charge in [0.1, 0.15) is 5.82 Å². The molecule has 0 bridgehead atoms. The van der Waals surface area contributed by atoms with Crippen molar-refractivity contribution in [2.45, 2.75) is 32.3 Å². The molecule has 6 nitrogen and oxygen atoms in total. The molecule has 0 atom stereocenters. The second-order valence-electron chi connectivity index (χ2n) is 6.60. The van der Waals surface area contributed by atoms with Crippen molar-refractivity contribution in [2.24, 2.45) is 0 Å². The lowest BCUT2D eigenvalue weighted by molar-refractivity contribution is 0.0000159. The Morgan fingerprint density at radius 1 is 1.23 bits per heavy atom. The molecule has 0 aliphatic carbocycles. The van der Waals surface area contributed by atoms with Gasteiger partial charge < -0.3 is 14.6 Å². The van der Waals surface area contributed by atoms with E-state index >= 15 is 0 Å². The van der Waals surface area contributed by atoms with Crippen molar-refractivity contribution in [1.29, 1.82) is 0 Å². The number of rotatable bonds is 9. The topological polar surface area (TPSA) is 67.7 Å². The largest absolute Gasteiger partial charge is 0.493 e. The Morgan fingerprint density at radius 2 is 2.08 bits per heavy atom. The van der Waals surface area contributed by atoms with Crippen molar-refractivity contribution in [3.63, 3.8) is 0 Å². The number of nitrogens with zero attached hydrogens (tertiary/aromatic N) is 3. The van der Waals surface area contributed by atoms with Gasteiger partial charge >= 0.3 is 0 Å². The van der Waals surface area contributed by atoms with Gasteiger partial charge in [-0.3, -0.25) is 4.90 Å². The molecule has 0 unspecified atom stereocenters. The third kappa shape index (κ3) is 4.93. The van der Waals surface area contributed by atoms with Crippen LogP contribution in [0.15, 0.2) is 30.5 Å². The summed E-state index contributed by atoms with van der Waals surface area (Å²) in [4.78, 5) is 11.2. The lowest BCUT2D eigenvalue weighted by Gasteiger charge is -2.35. The van der Waals surface area contributed by atoms with Crippen LogP contribution in [-0.4, -0.2) is 59.4 Å². The monoisotopic (exact) mass is 357 g/mol. The first-order chi connectivity index (χ1) is 12.7. The zero-order chi connectivity index (χ0) is 18.4. The van der Waals surface area contributed by atoms with E-state index in [1.54, 1.807) is 7.11 Å². The minimum absolute atomic E-state index is 0.152. The second kappa shape index (κ2) is 8.96. The fourth-order valence-corrected chi connectivity index (χ4v) is 3.05. The summed E-state index contributed by atoms with van der Waals surface area (Å²) in [5.41, 5.74) is 2.15. The number of aromatic nitrogens is 2. The van der Waals surface area contributed by atoms with Crippen LogP contribution in [0.2, 0.25) is 0 Å². The van der Waals surface area contributed by atoms with Crippen LogP contribution in [0.25, 0.3) is 0 Å². The third-order valence-corrected chi connectivity index (χ3v) is 4.53. The van der Waals surface area contributed by atoms with Crippen LogP contribution >= 0.6 is 0 Å². The number of likely N-dealkylation sites (tertiary alicyclic amines) is 1. The van der Waals surface area contributed by atoms with Gasteiger partial charge in [-0.05, 0) is 36.6 Å². The Labute approximate surface area is 154 Å². The molecule has 6 heteroatoms. The number of aliphatic hydroxyl groups excluding tert-OH is 1. The van der Waals surface area contributed by atoms with Crippen molar-refractivity contribution >= 4 is 0 Å². The van der Waals surface area contributed by atoms with Crippen LogP contribution in [0.3, 0.4) is 0 Å². The standard InChI is InChI=1S/C20H27N3O3/c1-3-16-7-8-21-20(22-16)12-15-5-6-18(25-2)19(11-15)26-10-4-9-23-13-17(24)14-23/h5-8,11,17,24H,3-4,9-10,12-14H2,1-2H3. The molecule has 1 N–H and O–H groups in total. The molecule has 3 rings (SSSR count). The van der Waals surface area contributed by atoms with Crippen molar-refractivity contribution in [3.8, 4) is 11.5 Å². The van der Waals surface area contributed by atoms with E-state index in [9.17, 15) is 5.11 Å². The van der Waals surface area contributed by atoms with Gasteiger partial charge in [-0.1, -0.05) is 13.0 Å². The second-order valence-corrected chi connectivity index (χ2v) is 6.60. The van der Waals surface area contributed by atoms with Gasteiger partial charge in [0.15, 0.2) is 11.5 Å². The molecule has 0 saturated carbocycles. The summed E-state index contributed by atoms with van der Waals surface area (Å²) in [6.45, 7) is 5.20. The first-order valence-corrected chi connectivity index (χ1v) is 9.19. The molecule has 0 amide bonds. The predicted molar refractivity (Wildman–Crippen MR) is 99.8 cm³/mol. The number of aliphatic hydroxyl groups is 1. The molecule has 0 radical (unpaired) electrons. The van der Waals surface area contributed by atoms with E-state index in [-0.39, 0.29) is 6.10 Å². The fourth-order valence-electron chi connectivity index (χ4n) is 3.05. The van der Waals surface area contributed by atoms with E-state index < -0.39 is 0 Å². The van der Waals surface area contributed by atoms with Gasteiger partial charge in [-0.15, -0.1) is 0 Å². The van der Waals surface area contributed by atoms with Crippen molar-refractivity contribution in [2.75, 3.05) is 33.4 Å². The molecule has 2 aromatic rings. The summed E-state index contributed by atoms with van der Waals surface area (Å²) >= 11 is 0. The maximum Gasteiger partial charge on any atom is 0.161 e. The minimum atomic E-state index is -0.152. The van der Waals surface area contributed by atoms with Gasteiger partial charge in [-0.25, -0.2) is 9.97 Å². The van der Waals surface area contributed by atoms with E-state index in [4.69, 9.17) is 9.47 Å². The number of methoxy groups -OCH3 is 1. The highest BCUT2D eigenvalue weighted by Gasteiger charge is 2.23. The Hall–Kier alpha value is -2.18. The molecule has 140 valence electrons. The lowest BCUT2D eigenvalue weighted by Crippen LogP contribution is -2.50. The number of aryl methyl sites for hydroxylation is 1. The Balaban J connectivity index is 1.58. The van der Waals surface area contributed by atoms with E-state index in [0.717, 1.165) is 61.1 Å². The quantitative estimate of drug-likeness (QED) is 0.693. The molecule has 1 aromatic heterocycles. The molecule has 1 aromatic carbocycles. The normalized spacial score (nSPS) is 14.9. The molecular weight excluding hydrogens is 330 g/mol. The van der Waals surface area contributed by atoms with Crippen LogP contribution in [0, 0.1) is 0 Å². The molecule has 1 fully saturated rings. The Morgan fingerprint density at radius 3 is 2.81 bits per heavy atom. The first kappa shape index (κ1) is 18.6. The highest BCUT2D eigenvalue weighted by atomic mass is 16.5. The first-order valence-electron chi connectivity index (χ1n) is 9.19. The van der Waals surface area contributed by atoms with E-state index in [1.807, 2.05) is 30.5 Å². The van der Waals surface area contributed by atoms with Crippen LogP contribution in [0.1, 0.15) is 30.4 Å². The third-order valence-electron chi connectivity index (χ3n) is 4.53. The molecule has 2 heterocycles. The van der Waals surface area contributed by atoms with Crippen LogP contribution in [-0.2, 0) is 12.8 Å². The predicted octanol–water partition coefficient (Wildman–Crippen LogP) is 2.08. The Kier molecular flexibility index (Phi) is 6.41. The maximum absolute atomic E-state index is 9.31. The van der Waals surface area contributed by atoms with E-state index in [2.05, 4.69) is 21.8 Å². The van der Waals surface area contributed by atoms with Gasteiger partial charge in [0.05, 0.1) is 19.8 Å². The van der Waals surface area contributed by atoms with Crippen LogP contribution in [0.4, 0.5) is 0 Å². The zero-order valence-electron chi connectivity index (χ0n) is 15.5. The summed E-state index contributed by atoms with van der Waals surface area (Å²) in [7, 11) is 1.65. The van der Waals surface area contributed by atoms with Crippen molar-refractivity contribution < 1.29 is 14.6 Å². The number of hydrogen-bond acceptors (Lipinski definition) is 6. The Bertz CT molecular complexity index is 717. The summed E-state index contributed by atoms with van der Waals surface area (Å²) in [6, 6.07) is 7.91. The molecule has 0 spiro atoms. The summed E-state index contributed by atoms with van der Waals surface area (Å²) < 4.78 is 11.4. The van der Waals surface area contributed by atoms with Crippen LogP contribution < -0.4 is 9.47 Å². The number of β-amino-alcohol motifs (C(OH)–C–C–N with tert-alkyl or cyclic N) is 1. The van der Waals surface area contributed by atoms with Crippen LogP contribution in [0.5, 0.6) is 11.5 Å². The SMILES string of the molecule is CCc1ccnc(Cc2ccc(OC)c(OCCCN3CC(O)C3)c2)n1. The average Bonchev–Trinajstić information content (AvgIpc) is 2.64. The molecule has 1 aliphatic heterocycles. The molecule has 1 saturated heterocycles. The van der Waals surface area contributed by atoms with Gasteiger partial charge in [0.2, 0.25) is 0 Å². The van der Waals surface area contributed by atoms with Crippen molar-refractivity contribution in [1.82, 2.24) is 14.9 Å². The summed E-state index contributed by atoms with van der Waals surface area (Å²) in [5, 5.41) is 9.31. The molecule has 26 heavy (non-hydrogen) atoms. The van der Waals surface area contributed by atoms with Crippen molar-refractivity contribution in [3.05, 3.63) is 47.5 Å². The summed E-state index contributed by atoms with van der Waals surface area (Å²) in [5.74, 6) is 2.30. The van der Waals surface area contributed by atoms with E-state index in [1.165, 1.54) is 0 Å². The summed E-state index contributed by atoms with van der Waals surface area (Å²) in [6.07, 6.45) is 4.15. The highest BCUT2D eigenvalue weighted by molar-refractivity contribution is 5.43. The van der Waals surface area contributed by atoms with Gasteiger partial charge in [0.25, 0.3) is 0 Å². The number of ether oxygens (including phenoxy) is 2. The molecule has 1 aliphatic rings. The fraction of sp³-hybridized carbons (Fsp3) is 0.500. The lowest BCUT2D eigenvalue weighted by atomic mass is 10.1. The maximum atomic E-state index is 9.31. The van der Waals surface area contributed by atoms with Gasteiger partial charge in [-0.2, -0.15) is 0 Å². The smallest absolute Gasteiger partial charge is 0.161 e. The zero-order valence-corrected chi connectivity index (χ0v) is 15.5. The molecular formula is C20H27N3O3.